The summed E-state index contributed by atoms with van der Waals surface area (Å²) in [5, 5.41) is 3.22. The highest BCUT2D eigenvalue weighted by molar-refractivity contribution is 5.46. The van der Waals surface area contributed by atoms with Gasteiger partial charge in [-0.2, -0.15) is 13.2 Å². The van der Waals surface area contributed by atoms with Gasteiger partial charge in [0.2, 0.25) is 0 Å². The summed E-state index contributed by atoms with van der Waals surface area (Å²) in [7, 11) is 0. The van der Waals surface area contributed by atoms with Crippen molar-refractivity contribution in [1.29, 1.82) is 0 Å². The van der Waals surface area contributed by atoms with Crippen LogP contribution in [0.5, 0.6) is 0 Å². The molecular weight excluding hydrogens is 243 g/mol. The maximum Gasteiger partial charge on any atom is 0.416 e. The number of alkyl halides is 3. The third kappa shape index (κ3) is 3.16. The van der Waals surface area contributed by atoms with E-state index in [1.807, 2.05) is 6.92 Å². The highest BCUT2D eigenvalue weighted by Crippen LogP contribution is 2.30. The van der Waals surface area contributed by atoms with E-state index < -0.39 is 11.7 Å². The van der Waals surface area contributed by atoms with Crippen LogP contribution in [0, 0.1) is 5.92 Å². The number of rotatable bonds is 3. The molecule has 1 fully saturated rings. The van der Waals surface area contributed by atoms with E-state index in [1.165, 1.54) is 12.1 Å². The molecule has 1 N–H and O–H groups in total. The minimum Gasteiger partial charge on any atom is -0.382 e. The molecule has 5 heteroatoms. The fraction of sp³-hybridized carbons (Fsp3) is 0.538. The minimum atomic E-state index is -4.27. The Balaban J connectivity index is 1.97. The Labute approximate surface area is 104 Å². The van der Waals surface area contributed by atoms with Gasteiger partial charge in [0, 0.05) is 24.3 Å². The van der Waals surface area contributed by atoms with Crippen molar-refractivity contribution in [1.82, 2.24) is 0 Å². The standard InChI is InChI=1S/C13H16F3NO/c1-9(10-6-7-18-8-10)17-12-4-2-11(3-5-12)13(14,15)16/h2-5,9-10,17H,6-8H2,1H3. The largest absolute Gasteiger partial charge is 0.416 e. The molecule has 1 heterocycles. The van der Waals surface area contributed by atoms with Crippen LogP contribution in [0.1, 0.15) is 18.9 Å². The van der Waals surface area contributed by atoms with Gasteiger partial charge in [0.25, 0.3) is 0 Å². The van der Waals surface area contributed by atoms with E-state index in [-0.39, 0.29) is 6.04 Å². The molecule has 1 aliphatic heterocycles. The summed E-state index contributed by atoms with van der Waals surface area (Å²) in [6.07, 6.45) is -3.28. The Bertz CT molecular complexity index is 382. The summed E-state index contributed by atoms with van der Waals surface area (Å²) >= 11 is 0. The van der Waals surface area contributed by atoms with Crippen LogP contribution in [-0.4, -0.2) is 19.3 Å². The van der Waals surface area contributed by atoms with Crippen molar-refractivity contribution in [2.75, 3.05) is 18.5 Å². The number of nitrogens with one attached hydrogen (secondary N) is 1. The first-order valence-electron chi connectivity index (χ1n) is 5.98. The summed E-state index contributed by atoms with van der Waals surface area (Å²) in [6, 6.07) is 5.33. The zero-order valence-corrected chi connectivity index (χ0v) is 10.1. The number of halogens is 3. The third-order valence-electron chi connectivity index (χ3n) is 3.28. The van der Waals surface area contributed by atoms with E-state index >= 15 is 0 Å². The molecule has 0 aromatic heterocycles. The van der Waals surface area contributed by atoms with Crippen molar-refractivity contribution in [3.05, 3.63) is 29.8 Å². The van der Waals surface area contributed by atoms with Crippen LogP contribution in [-0.2, 0) is 10.9 Å². The van der Waals surface area contributed by atoms with E-state index in [1.54, 1.807) is 0 Å². The van der Waals surface area contributed by atoms with Crippen molar-refractivity contribution in [2.24, 2.45) is 5.92 Å². The second-order valence-electron chi connectivity index (χ2n) is 4.63. The van der Waals surface area contributed by atoms with E-state index in [9.17, 15) is 13.2 Å². The molecule has 1 aromatic rings. The molecule has 1 aromatic carbocycles. The molecule has 0 radical (unpaired) electrons. The van der Waals surface area contributed by atoms with E-state index in [0.29, 0.717) is 11.6 Å². The van der Waals surface area contributed by atoms with Crippen molar-refractivity contribution >= 4 is 5.69 Å². The molecule has 1 saturated heterocycles. The molecular formula is C13H16F3NO. The Hall–Kier alpha value is -1.23. The second-order valence-corrected chi connectivity index (χ2v) is 4.63. The van der Waals surface area contributed by atoms with Crippen LogP contribution in [0.25, 0.3) is 0 Å². The predicted octanol–water partition coefficient (Wildman–Crippen LogP) is 3.54. The lowest BCUT2D eigenvalue weighted by atomic mass is 10.0. The van der Waals surface area contributed by atoms with E-state index in [4.69, 9.17) is 4.74 Å². The molecule has 2 nitrogen and oxygen atoms in total. The topological polar surface area (TPSA) is 21.3 Å². The number of hydrogen-bond donors (Lipinski definition) is 1. The number of anilines is 1. The van der Waals surface area contributed by atoms with Crippen molar-refractivity contribution in [2.45, 2.75) is 25.6 Å². The fourth-order valence-electron chi connectivity index (χ4n) is 2.08. The Kier molecular flexibility index (Phi) is 3.80. The average molecular weight is 259 g/mol. The molecule has 0 spiro atoms. The van der Waals surface area contributed by atoms with Gasteiger partial charge in [-0.3, -0.25) is 0 Å². The van der Waals surface area contributed by atoms with Crippen molar-refractivity contribution < 1.29 is 17.9 Å². The van der Waals surface area contributed by atoms with Crippen LogP contribution in [0.15, 0.2) is 24.3 Å². The molecule has 2 atom stereocenters. The maximum atomic E-state index is 12.4. The van der Waals surface area contributed by atoms with E-state index in [2.05, 4.69) is 5.32 Å². The zero-order valence-electron chi connectivity index (χ0n) is 10.1. The number of ether oxygens (including phenoxy) is 1. The molecule has 1 aliphatic rings. The van der Waals surface area contributed by atoms with Gasteiger partial charge in [-0.1, -0.05) is 0 Å². The first-order chi connectivity index (χ1) is 8.47. The van der Waals surface area contributed by atoms with Gasteiger partial charge in [0.1, 0.15) is 0 Å². The van der Waals surface area contributed by atoms with Gasteiger partial charge in [-0.25, -0.2) is 0 Å². The predicted molar refractivity (Wildman–Crippen MR) is 63.5 cm³/mol. The smallest absolute Gasteiger partial charge is 0.382 e. The summed E-state index contributed by atoms with van der Waals surface area (Å²) < 4.78 is 42.5. The summed E-state index contributed by atoms with van der Waals surface area (Å²) in [6.45, 7) is 3.51. The second kappa shape index (κ2) is 5.18. The van der Waals surface area contributed by atoms with Gasteiger partial charge in [0.15, 0.2) is 0 Å². The highest BCUT2D eigenvalue weighted by Gasteiger charge is 2.30. The molecule has 100 valence electrons. The Morgan fingerprint density at radius 1 is 1.28 bits per heavy atom. The van der Waals surface area contributed by atoms with Crippen molar-refractivity contribution in [3.63, 3.8) is 0 Å². The molecule has 0 saturated carbocycles. The van der Waals surface area contributed by atoms with Crippen molar-refractivity contribution in [3.8, 4) is 0 Å². The minimum absolute atomic E-state index is 0.198. The van der Waals surface area contributed by atoms with Crippen LogP contribution >= 0.6 is 0 Å². The molecule has 0 bridgehead atoms. The third-order valence-corrected chi connectivity index (χ3v) is 3.28. The lowest BCUT2D eigenvalue weighted by Gasteiger charge is -2.20. The number of hydrogen-bond acceptors (Lipinski definition) is 2. The fourth-order valence-corrected chi connectivity index (χ4v) is 2.08. The van der Waals surface area contributed by atoms with Gasteiger partial charge < -0.3 is 10.1 Å². The molecule has 18 heavy (non-hydrogen) atoms. The first kappa shape index (κ1) is 13.2. The molecule has 2 rings (SSSR count). The lowest BCUT2D eigenvalue weighted by molar-refractivity contribution is -0.137. The normalized spacial score (nSPS) is 21.9. The summed E-state index contributed by atoms with van der Waals surface area (Å²) in [5.41, 5.74) is 0.0901. The summed E-state index contributed by atoms with van der Waals surface area (Å²) in [4.78, 5) is 0. The first-order valence-corrected chi connectivity index (χ1v) is 5.98. The Morgan fingerprint density at radius 3 is 2.44 bits per heavy atom. The molecule has 2 unspecified atom stereocenters. The van der Waals surface area contributed by atoms with Gasteiger partial charge in [-0.05, 0) is 37.6 Å². The monoisotopic (exact) mass is 259 g/mol. The lowest BCUT2D eigenvalue weighted by Crippen LogP contribution is -2.26. The quantitative estimate of drug-likeness (QED) is 0.896. The Morgan fingerprint density at radius 2 is 1.94 bits per heavy atom. The van der Waals surface area contributed by atoms with Crippen LogP contribution < -0.4 is 5.32 Å². The summed E-state index contributed by atoms with van der Waals surface area (Å²) in [5.74, 6) is 0.423. The van der Waals surface area contributed by atoms with E-state index in [0.717, 1.165) is 31.8 Å². The zero-order chi connectivity index (χ0) is 13.2. The van der Waals surface area contributed by atoms with Gasteiger partial charge >= 0.3 is 6.18 Å². The van der Waals surface area contributed by atoms with Crippen LogP contribution in [0.3, 0.4) is 0 Å². The van der Waals surface area contributed by atoms with Crippen LogP contribution in [0.4, 0.5) is 18.9 Å². The van der Waals surface area contributed by atoms with Gasteiger partial charge in [-0.15, -0.1) is 0 Å². The maximum absolute atomic E-state index is 12.4. The SMILES string of the molecule is CC(Nc1ccc(C(F)(F)F)cc1)C1CCOC1. The van der Waals surface area contributed by atoms with Crippen LogP contribution in [0.2, 0.25) is 0 Å². The molecule has 0 amide bonds. The highest BCUT2D eigenvalue weighted by atomic mass is 19.4. The average Bonchev–Trinajstić information content (AvgIpc) is 2.82. The number of benzene rings is 1. The van der Waals surface area contributed by atoms with Gasteiger partial charge in [0.05, 0.1) is 12.2 Å². The molecule has 0 aliphatic carbocycles.